The van der Waals surface area contributed by atoms with Crippen LogP contribution in [0.15, 0.2) is 52.9 Å². The molecule has 104 valence electrons. The molecule has 0 N–H and O–H groups in total. The van der Waals surface area contributed by atoms with Gasteiger partial charge in [-0.15, -0.1) is 0 Å². The van der Waals surface area contributed by atoms with Crippen molar-refractivity contribution in [2.75, 3.05) is 0 Å². The second-order valence-corrected chi connectivity index (χ2v) is 5.31. The fraction of sp³-hybridized carbons (Fsp3) is 0.250. The summed E-state index contributed by atoms with van der Waals surface area (Å²) in [6, 6.07) is 2.31. The number of aryl methyl sites for hydroxylation is 1. The molecule has 2 aliphatic rings. The summed E-state index contributed by atoms with van der Waals surface area (Å²) >= 11 is 0. The van der Waals surface area contributed by atoms with Crippen molar-refractivity contribution >= 4 is 16.9 Å². The van der Waals surface area contributed by atoms with Crippen LogP contribution < -0.4 is 0 Å². The van der Waals surface area contributed by atoms with E-state index in [1.165, 1.54) is 0 Å². The predicted molar refractivity (Wildman–Crippen MR) is 83.0 cm³/mol. The van der Waals surface area contributed by atoms with Crippen LogP contribution in [0.2, 0.25) is 0 Å². The van der Waals surface area contributed by atoms with Gasteiger partial charge in [-0.2, -0.15) is 5.10 Å². The maximum Gasteiger partial charge on any atom is 0.146 e. The highest BCUT2D eigenvalue weighted by molar-refractivity contribution is 6.16. The van der Waals surface area contributed by atoms with E-state index >= 15 is 0 Å². The number of allylic oxidation sites excluding steroid dienone is 2. The molecule has 5 nitrogen and oxygen atoms in total. The Kier molecular flexibility index (Phi) is 2.77. The quantitative estimate of drug-likeness (QED) is 0.804. The molecule has 1 unspecified atom stereocenters. The SMILES string of the molecule is Cc1ncc2c(C3=NC4CC=CN=C(C=C3)C4)ccn2n1. The third-order valence-corrected chi connectivity index (χ3v) is 3.76. The van der Waals surface area contributed by atoms with Gasteiger partial charge in [-0.25, -0.2) is 9.50 Å². The average Bonchev–Trinajstić information content (AvgIpc) is 2.66. The van der Waals surface area contributed by atoms with Gasteiger partial charge in [-0.3, -0.25) is 9.98 Å². The van der Waals surface area contributed by atoms with E-state index in [4.69, 9.17) is 4.99 Å². The molecular formula is C16H15N5. The Hall–Kier alpha value is -2.56. The van der Waals surface area contributed by atoms with Gasteiger partial charge in [0.2, 0.25) is 0 Å². The summed E-state index contributed by atoms with van der Waals surface area (Å²) in [6.07, 6.45) is 13.7. The second-order valence-electron chi connectivity index (χ2n) is 5.31. The first-order valence-electron chi connectivity index (χ1n) is 7.08. The summed E-state index contributed by atoms with van der Waals surface area (Å²) in [4.78, 5) is 13.6. The lowest BCUT2D eigenvalue weighted by atomic mass is 10.1. The van der Waals surface area contributed by atoms with Crippen molar-refractivity contribution in [1.29, 1.82) is 0 Å². The zero-order chi connectivity index (χ0) is 14.2. The smallest absolute Gasteiger partial charge is 0.146 e. The van der Waals surface area contributed by atoms with Crippen LogP contribution >= 0.6 is 0 Å². The lowest BCUT2D eigenvalue weighted by Gasteiger charge is -2.07. The Morgan fingerprint density at radius 2 is 2.24 bits per heavy atom. The summed E-state index contributed by atoms with van der Waals surface area (Å²) in [6.45, 7) is 1.89. The summed E-state index contributed by atoms with van der Waals surface area (Å²) in [5.74, 6) is 0.759. The third-order valence-electron chi connectivity index (χ3n) is 3.76. The molecule has 2 aromatic rings. The normalized spacial score (nSPS) is 20.9. The number of aromatic nitrogens is 3. The molecule has 0 saturated heterocycles. The molecule has 0 fully saturated rings. The van der Waals surface area contributed by atoms with Gasteiger partial charge in [0.15, 0.2) is 0 Å². The fourth-order valence-corrected chi connectivity index (χ4v) is 2.73. The first kappa shape index (κ1) is 12.2. The topological polar surface area (TPSA) is 54.9 Å². The zero-order valence-electron chi connectivity index (χ0n) is 11.8. The lowest BCUT2D eigenvalue weighted by Crippen LogP contribution is -2.08. The number of aliphatic imine (C=N–C) groups is 2. The van der Waals surface area contributed by atoms with E-state index in [0.29, 0.717) is 0 Å². The summed E-state index contributed by atoms with van der Waals surface area (Å²) in [5, 5.41) is 4.39. The molecule has 2 bridgehead atoms. The van der Waals surface area contributed by atoms with Crippen molar-refractivity contribution in [3.63, 3.8) is 0 Å². The van der Waals surface area contributed by atoms with Crippen molar-refractivity contribution in [2.45, 2.75) is 25.8 Å². The van der Waals surface area contributed by atoms with E-state index in [9.17, 15) is 0 Å². The largest absolute Gasteiger partial charge is 0.281 e. The maximum absolute atomic E-state index is 4.90. The van der Waals surface area contributed by atoms with Crippen LogP contribution in [0.3, 0.4) is 0 Å². The average molecular weight is 277 g/mol. The van der Waals surface area contributed by atoms with Crippen LogP contribution in [0.1, 0.15) is 24.2 Å². The molecule has 1 atom stereocenters. The first-order chi connectivity index (χ1) is 10.3. The standard InChI is InChI=1S/C16H15N5/c1-11-18-10-16-14(6-8-21(16)20-11)15-5-4-12-9-13(19-15)3-2-7-17-12/h2,4-8,10,13H,3,9H2,1H3. The number of hydrogen-bond acceptors (Lipinski definition) is 4. The van der Waals surface area contributed by atoms with Crippen LogP contribution in [0, 0.1) is 6.92 Å². The van der Waals surface area contributed by atoms with Gasteiger partial charge in [0.25, 0.3) is 0 Å². The monoisotopic (exact) mass is 277 g/mol. The number of fused-ring (bicyclic) bond motifs is 3. The van der Waals surface area contributed by atoms with Crippen LogP contribution in [0.5, 0.6) is 0 Å². The molecule has 2 aromatic heterocycles. The molecule has 5 heteroatoms. The summed E-state index contributed by atoms with van der Waals surface area (Å²) in [7, 11) is 0. The minimum atomic E-state index is 0.258. The minimum Gasteiger partial charge on any atom is -0.281 e. The summed E-state index contributed by atoms with van der Waals surface area (Å²) < 4.78 is 1.86. The predicted octanol–water partition coefficient (Wildman–Crippen LogP) is 2.51. The molecule has 4 heterocycles. The van der Waals surface area contributed by atoms with Gasteiger partial charge in [-0.05, 0) is 31.6 Å². The molecule has 4 rings (SSSR count). The van der Waals surface area contributed by atoms with E-state index in [1.807, 2.05) is 42.2 Å². The van der Waals surface area contributed by atoms with Crippen LogP contribution in [-0.4, -0.2) is 32.1 Å². The molecule has 2 aliphatic heterocycles. The van der Waals surface area contributed by atoms with Crippen LogP contribution in [0.4, 0.5) is 0 Å². The fourth-order valence-electron chi connectivity index (χ4n) is 2.73. The van der Waals surface area contributed by atoms with Crippen molar-refractivity contribution in [3.8, 4) is 0 Å². The van der Waals surface area contributed by atoms with Crippen molar-refractivity contribution in [1.82, 2.24) is 14.6 Å². The Labute approximate surface area is 122 Å². The van der Waals surface area contributed by atoms with E-state index in [-0.39, 0.29) is 6.04 Å². The van der Waals surface area contributed by atoms with E-state index in [1.54, 1.807) is 0 Å². The van der Waals surface area contributed by atoms with E-state index in [0.717, 1.165) is 41.2 Å². The maximum atomic E-state index is 4.90. The third kappa shape index (κ3) is 2.20. The van der Waals surface area contributed by atoms with Gasteiger partial charge in [0, 0.05) is 30.1 Å². The lowest BCUT2D eigenvalue weighted by molar-refractivity contribution is 0.723. The van der Waals surface area contributed by atoms with Gasteiger partial charge >= 0.3 is 0 Å². The molecule has 0 saturated carbocycles. The van der Waals surface area contributed by atoms with Gasteiger partial charge in [-0.1, -0.05) is 6.08 Å². The Morgan fingerprint density at radius 3 is 3.19 bits per heavy atom. The van der Waals surface area contributed by atoms with Crippen molar-refractivity contribution in [3.05, 3.63) is 54.3 Å². The number of nitrogens with zero attached hydrogens (tertiary/aromatic N) is 5. The minimum absolute atomic E-state index is 0.258. The molecule has 0 aliphatic carbocycles. The first-order valence-corrected chi connectivity index (χ1v) is 7.08. The Morgan fingerprint density at radius 1 is 1.29 bits per heavy atom. The van der Waals surface area contributed by atoms with E-state index in [2.05, 4.69) is 27.2 Å². The molecule has 0 radical (unpaired) electrons. The molecule has 0 aromatic carbocycles. The Balaban J connectivity index is 1.83. The summed E-state index contributed by atoms with van der Waals surface area (Å²) in [5.41, 5.74) is 4.12. The van der Waals surface area contributed by atoms with Crippen LogP contribution in [-0.2, 0) is 0 Å². The Bertz CT molecular complexity index is 822. The zero-order valence-corrected chi connectivity index (χ0v) is 11.8. The van der Waals surface area contributed by atoms with Crippen LogP contribution in [0.25, 0.3) is 5.52 Å². The van der Waals surface area contributed by atoms with Gasteiger partial charge in [0.1, 0.15) is 5.82 Å². The molecular weight excluding hydrogens is 262 g/mol. The number of rotatable bonds is 1. The number of hydrogen-bond donors (Lipinski definition) is 0. The van der Waals surface area contributed by atoms with Gasteiger partial charge in [0.05, 0.1) is 23.5 Å². The molecule has 0 spiro atoms. The van der Waals surface area contributed by atoms with Crippen molar-refractivity contribution in [2.24, 2.45) is 9.98 Å². The highest BCUT2D eigenvalue weighted by atomic mass is 15.2. The highest BCUT2D eigenvalue weighted by Gasteiger charge is 2.17. The van der Waals surface area contributed by atoms with Crippen molar-refractivity contribution < 1.29 is 0 Å². The highest BCUT2D eigenvalue weighted by Crippen LogP contribution is 2.20. The van der Waals surface area contributed by atoms with Gasteiger partial charge < -0.3 is 0 Å². The molecule has 21 heavy (non-hydrogen) atoms. The van der Waals surface area contributed by atoms with E-state index < -0.39 is 0 Å². The molecule has 0 amide bonds. The second kappa shape index (κ2) is 4.77.